The number of hydrogen-bond acceptors (Lipinski definition) is 7. The van der Waals surface area contributed by atoms with Crippen molar-refractivity contribution in [3.05, 3.63) is 70.8 Å². The Morgan fingerprint density at radius 3 is 2.72 bits per heavy atom. The second kappa shape index (κ2) is 8.40. The molecule has 182 valence electrons. The van der Waals surface area contributed by atoms with Crippen LogP contribution in [-0.2, 0) is 0 Å². The van der Waals surface area contributed by atoms with E-state index < -0.39 is 11.9 Å². The van der Waals surface area contributed by atoms with Crippen LogP contribution in [0.2, 0.25) is 0 Å². The van der Waals surface area contributed by atoms with E-state index in [1.165, 1.54) is 19.5 Å². The number of nitrogen functional groups attached to an aromatic ring is 1. The lowest BCUT2D eigenvalue weighted by atomic mass is 10.1. The van der Waals surface area contributed by atoms with Crippen molar-refractivity contribution < 1.29 is 9.13 Å². The summed E-state index contributed by atoms with van der Waals surface area (Å²) >= 11 is 0. The molecule has 3 heterocycles. The quantitative estimate of drug-likeness (QED) is 0.382. The molecule has 1 aliphatic carbocycles. The molecule has 1 saturated carbocycles. The molecule has 0 radical (unpaired) electrons. The van der Waals surface area contributed by atoms with Gasteiger partial charge in [-0.1, -0.05) is 19.1 Å². The maximum absolute atomic E-state index is 14.6. The number of nitrogens with two attached hydrogens (primary N) is 1. The minimum atomic E-state index is -0.515. The molecule has 0 saturated heterocycles. The smallest absolute Gasteiger partial charge is 0.261 e. The number of fused-ring (bicyclic) bond motifs is 2. The average Bonchev–Trinajstić information content (AvgIpc) is 3.65. The molecule has 0 spiro atoms. The number of methoxy groups -OCH3 is 1. The van der Waals surface area contributed by atoms with Crippen LogP contribution < -0.4 is 16.0 Å². The fourth-order valence-corrected chi connectivity index (χ4v) is 4.78. The van der Waals surface area contributed by atoms with E-state index in [4.69, 9.17) is 20.6 Å². The van der Waals surface area contributed by atoms with Gasteiger partial charge < -0.3 is 10.5 Å². The first kappa shape index (κ1) is 22.1. The Hall–Kier alpha value is -4.34. The van der Waals surface area contributed by atoms with Gasteiger partial charge in [-0.2, -0.15) is 5.10 Å². The van der Waals surface area contributed by atoms with Crippen molar-refractivity contribution >= 4 is 27.8 Å². The number of aromatic nitrogens is 6. The lowest BCUT2D eigenvalue weighted by Crippen LogP contribution is -2.29. The molecule has 2 N–H and O–H groups in total. The third kappa shape index (κ3) is 3.40. The number of para-hydroxylation sites is 1. The van der Waals surface area contributed by atoms with Crippen LogP contribution in [0.4, 0.5) is 10.2 Å². The topological polar surface area (TPSA) is 114 Å². The summed E-state index contributed by atoms with van der Waals surface area (Å²) in [6.45, 7) is 2.01. The molecule has 1 atom stereocenters. The first-order valence-electron chi connectivity index (χ1n) is 11.9. The minimum absolute atomic E-state index is 0.0559. The molecule has 9 nitrogen and oxygen atoms in total. The summed E-state index contributed by atoms with van der Waals surface area (Å²) in [6.07, 6.45) is 3.82. The van der Waals surface area contributed by atoms with E-state index in [0.717, 1.165) is 12.8 Å². The van der Waals surface area contributed by atoms with Crippen molar-refractivity contribution in [2.75, 3.05) is 12.8 Å². The Labute approximate surface area is 205 Å². The zero-order chi connectivity index (χ0) is 25.0. The zero-order valence-corrected chi connectivity index (χ0v) is 19.8. The Morgan fingerprint density at radius 1 is 1.19 bits per heavy atom. The van der Waals surface area contributed by atoms with E-state index in [1.807, 2.05) is 31.2 Å². The molecule has 1 unspecified atom stereocenters. The molecule has 2 aromatic carbocycles. The second-order valence-electron chi connectivity index (χ2n) is 8.92. The van der Waals surface area contributed by atoms with Crippen molar-refractivity contribution in [2.24, 2.45) is 0 Å². The number of benzene rings is 2. The monoisotopic (exact) mass is 485 g/mol. The van der Waals surface area contributed by atoms with Gasteiger partial charge in [0.1, 0.15) is 29.7 Å². The van der Waals surface area contributed by atoms with E-state index in [0.29, 0.717) is 45.4 Å². The van der Waals surface area contributed by atoms with Gasteiger partial charge in [-0.3, -0.25) is 9.36 Å². The van der Waals surface area contributed by atoms with Crippen LogP contribution in [0.15, 0.2) is 53.6 Å². The van der Waals surface area contributed by atoms with E-state index in [2.05, 4.69) is 9.97 Å². The molecule has 36 heavy (non-hydrogen) atoms. The van der Waals surface area contributed by atoms with Crippen molar-refractivity contribution in [1.29, 1.82) is 0 Å². The number of rotatable bonds is 6. The molecular formula is C26H24FN7O2. The van der Waals surface area contributed by atoms with Gasteiger partial charge in [0.15, 0.2) is 17.2 Å². The van der Waals surface area contributed by atoms with E-state index in [1.54, 1.807) is 21.4 Å². The number of anilines is 1. The fourth-order valence-electron chi connectivity index (χ4n) is 4.78. The lowest BCUT2D eigenvalue weighted by Gasteiger charge is -2.21. The van der Waals surface area contributed by atoms with Crippen LogP contribution in [0.3, 0.4) is 0 Å². The Morgan fingerprint density at radius 2 is 2.00 bits per heavy atom. The molecule has 3 aromatic heterocycles. The van der Waals surface area contributed by atoms with Crippen molar-refractivity contribution in [3.8, 4) is 17.0 Å². The van der Waals surface area contributed by atoms with E-state index >= 15 is 0 Å². The summed E-state index contributed by atoms with van der Waals surface area (Å²) in [5, 5.41) is 5.97. The average molecular weight is 486 g/mol. The summed E-state index contributed by atoms with van der Waals surface area (Å²) in [6, 6.07) is 11.7. The minimum Gasteiger partial charge on any atom is -0.494 e. The van der Waals surface area contributed by atoms with Gasteiger partial charge in [-0.15, -0.1) is 0 Å². The normalized spacial score (nSPS) is 14.4. The second-order valence-corrected chi connectivity index (χ2v) is 8.92. The lowest BCUT2D eigenvalue weighted by molar-refractivity contribution is 0.386. The highest BCUT2D eigenvalue weighted by molar-refractivity contribution is 5.98. The van der Waals surface area contributed by atoms with Gasteiger partial charge in [0.25, 0.3) is 5.56 Å². The fraction of sp³-hybridized carbons (Fsp3) is 0.269. The number of hydrogen-bond donors (Lipinski definition) is 1. The molecule has 5 aromatic rings. The van der Waals surface area contributed by atoms with Crippen molar-refractivity contribution in [1.82, 2.24) is 29.3 Å². The Kier molecular flexibility index (Phi) is 5.17. The summed E-state index contributed by atoms with van der Waals surface area (Å²) in [5.41, 5.74) is 8.31. The van der Waals surface area contributed by atoms with Gasteiger partial charge in [-0.25, -0.2) is 24.0 Å². The summed E-state index contributed by atoms with van der Waals surface area (Å²) in [5.74, 6) is 0.474. The molecular weight excluding hydrogens is 461 g/mol. The van der Waals surface area contributed by atoms with Gasteiger partial charge in [0.05, 0.1) is 23.4 Å². The highest BCUT2D eigenvalue weighted by Gasteiger charge is 2.33. The molecule has 1 aliphatic rings. The number of nitrogens with zero attached hydrogens (tertiary/aromatic N) is 6. The summed E-state index contributed by atoms with van der Waals surface area (Å²) in [4.78, 5) is 27.1. The Bertz CT molecular complexity index is 1690. The van der Waals surface area contributed by atoms with Crippen molar-refractivity contribution in [2.45, 2.75) is 38.3 Å². The van der Waals surface area contributed by atoms with Gasteiger partial charge in [-0.05, 0) is 49.6 Å². The molecule has 6 rings (SSSR count). The third-order valence-corrected chi connectivity index (χ3v) is 6.67. The highest BCUT2D eigenvalue weighted by atomic mass is 19.1. The predicted octanol–water partition coefficient (Wildman–Crippen LogP) is 4.27. The van der Waals surface area contributed by atoms with E-state index in [-0.39, 0.29) is 23.2 Å². The van der Waals surface area contributed by atoms with Crippen LogP contribution >= 0.6 is 0 Å². The van der Waals surface area contributed by atoms with Gasteiger partial charge in [0, 0.05) is 11.6 Å². The maximum atomic E-state index is 14.6. The predicted molar refractivity (Wildman–Crippen MR) is 134 cm³/mol. The molecule has 10 heteroatoms. The highest BCUT2D eigenvalue weighted by Crippen LogP contribution is 2.39. The maximum Gasteiger partial charge on any atom is 0.261 e. The number of ether oxygens (including phenoxy) is 1. The zero-order valence-electron chi connectivity index (χ0n) is 19.8. The summed E-state index contributed by atoms with van der Waals surface area (Å²) in [7, 11) is 1.41. The van der Waals surface area contributed by atoms with Gasteiger partial charge >= 0.3 is 0 Å². The van der Waals surface area contributed by atoms with Crippen LogP contribution in [0, 0.1) is 5.82 Å². The first-order valence-corrected chi connectivity index (χ1v) is 11.9. The molecule has 0 amide bonds. The standard InChI is InChI=1S/C26H24FN7O2/c1-3-19(24-31-18-7-5-4-6-16(18)26(35)33(24)15-9-10-15)34-25-21(23(28)29-13-30-25)22(32-34)14-8-11-20(36-2)17(27)12-14/h4-8,11-13,15,19H,3,9-10H2,1-2H3,(H2,28,29,30). The van der Waals surface area contributed by atoms with Crippen molar-refractivity contribution in [3.63, 3.8) is 0 Å². The summed E-state index contributed by atoms with van der Waals surface area (Å²) < 4.78 is 23.2. The van der Waals surface area contributed by atoms with E-state index in [9.17, 15) is 9.18 Å². The van der Waals surface area contributed by atoms with Crippen LogP contribution in [-0.4, -0.2) is 36.4 Å². The largest absolute Gasteiger partial charge is 0.494 e. The van der Waals surface area contributed by atoms with Crippen LogP contribution in [0.1, 0.15) is 44.1 Å². The third-order valence-electron chi connectivity index (χ3n) is 6.67. The first-order chi connectivity index (χ1) is 17.5. The number of halogens is 1. The molecule has 0 aliphatic heterocycles. The van der Waals surface area contributed by atoms with Gasteiger partial charge in [0.2, 0.25) is 0 Å². The molecule has 0 bridgehead atoms. The molecule has 1 fully saturated rings. The van der Waals surface area contributed by atoms with Crippen LogP contribution in [0.5, 0.6) is 5.75 Å². The Balaban J connectivity index is 1.61. The SMILES string of the molecule is CCC(c1nc2ccccc2c(=O)n1C1CC1)n1nc(-c2ccc(OC)c(F)c2)c2c(N)ncnc21. The van der Waals surface area contributed by atoms with Crippen LogP contribution in [0.25, 0.3) is 33.2 Å².